The molecule has 2 atom stereocenters. The molecule has 2 fully saturated rings. The van der Waals surface area contributed by atoms with Crippen LogP contribution in [0.5, 0.6) is 0 Å². The highest BCUT2D eigenvalue weighted by Gasteiger charge is 2.28. The van der Waals surface area contributed by atoms with Crippen molar-refractivity contribution in [2.75, 3.05) is 51.4 Å². The quantitative estimate of drug-likeness (QED) is 0.758. The lowest BCUT2D eigenvalue weighted by atomic mass is 10.2. The molecule has 1 amide bonds. The van der Waals surface area contributed by atoms with Crippen LogP contribution in [0, 0.1) is 0 Å². The van der Waals surface area contributed by atoms with Crippen LogP contribution in [0.2, 0.25) is 0 Å². The standard InChI is InChI=1S/C14H21N5O3.ClH/c1-21-12-9-15-8-11(12)18-13(20)10-6-16-14(17-7-10)19-2-4-22-5-3-19;/h6-7,11-12,15H,2-5,8-9H2,1H3,(H,18,20);1H/t11-,12-;/m0./s1. The number of methoxy groups -OCH3 is 1. The minimum atomic E-state index is -0.177. The molecule has 0 saturated carbocycles. The molecule has 2 saturated heterocycles. The molecule has 1 aromatic rings. The van der Waals surface area contributed by atoms with Gasteiger partial charge in [-0.15, -0.1) is 12.4 Å². The number of carbonyl (C=O) groups is 1. The van der Waals surface area contributed by atoms with E-state index in [0.29, 0.717) is 31.3 Å². The maximum Gasteiger partial charge on any atom is 0.254 e. The number of carbonyl (C=O) groups excluding carboxylic acids is 1. The second-order valence-electron chi connectivity index (χ2n) is 5.38. The van der Waals surface area contributed by atoms with E-state index in [0.717, 1.165) is 19.6 Å². The molecule has 0 aliphatic carbocycles. The molecule has 2 aliphatic rings. The summed E-state index contributed by atoms with van der Waals surface area (Å²) in [5, 5.41) is 6.15. The number of hydrogen-bond donors (Lipinski definition) is 2. The molecule has 8 nitrogen and oxygen atoms in total. The topological polar surface area (TPSA) is 88.6 Å². The van der Waals surface area contributed by atoms with E-state index in [4.69, 9.17) is 9.47 Å². The molecule has 0 bridgehead atoms. The van der Waals surface area contributed by atoms with Crippen LogP contribution in [0.15, 0.2) is 12.4 Å². The van der Waals surface area contributed by atoms with Crippen molar-refractivity contribution in [2.45, 2.75) is 12.1 Å². The number of nitrogens with zero attached hydrogens (tertiary/aromatic N) is 3. The van der Waals surface area contributed by atoms with E-state index in [1.807, 2.05) is 4.90 Å². The van der Waals surface area contributed by atoms with Gasteiger partial charge in [-0.2, -0.15) is 0 Å². The van der Waals surface area contributed by atoms with Crippen LogP contribution in [-0.4, -0.2) is 74.5 Å². The number of amides is 1. The Kier molecular flexibility index (Phi) is 6.52. The van der Waals surface area contributed by atoms with Crippen molar-refractivity contribution >= 4 is 24.3 Å². The van der Waals surface area contributed by atoms with E-state index in [1.165, 1.54) is 0 Å². The number of ether oxygens (including phenoxy) is 2. The average Bonchev–Trinajstić information content (AvgIpc) is 3.03. The number of morpholine rings is 1. The molecule has 3 rings (SSSR count). The number of anilines is 1. The first-order valence-electron chi connectivity index (χ1n) is 7.47. The maximum absolute atomic E-state index is 12.2. The van der Waals surface area contributed by atoms with Crippen LogP contribution in [0.3, 0.4) is 0 Å². The Morgan fingerprint density at radius 3 is 2.70 bits per heavy atom. The predicted molar refractivity (Wildman–Crippen MR) is 87.2 cm³/mol. The van der Waals surface area contributed by atoms with Gasteiger partial charge in [0.1, 0.15) is 0 Å². The molecule has 9 heteroatoms. The summed E-state index contributed by atoms with van der Waals surface area (Å²) < 4.78 is 10.6. The van der Waals surface area contributed by atoms with Crippen molar-refractivity contribution < 1.29 is 14.3 Å². The highest BCUT2D eigenvalue weighted by atomic mass is 35.5. The third kappa shape index (κ3) is 4.29. The predicted octanol–water partition coefficient (Wildman–Crippen LogP) is -0.548. The van der Waals surface area contributed by atoms with E-state index >= 15 is 0 Å². The Morgan fingerprint density at radius 2 is 2.04 bits per heavy atom. The molecule has 0 unspecified atom stereocenters. The van der Waals surface area contributed by atoms with Crippen LogP contribution in [0.1, 0.15) is 10.4 Å². The largest absolute Gasteiger partial charge is 0.378 e. The van der Waals surface area contributed by atoms with E-state index in [9.17, 15) is 4.79 Å². The number of aromatic nitrogens is 2. The monoisotopic (exact) mass is 343 g/mol. The number of rotatable bonds is 4. The van der Waals surface area contributed by atoms with Gasteiger partial charge < -0.3 is 25.0 Å². The first kappa shape index (κ1) is 17.9. The fourth-order valence-electron chi connectivity index (χ4n) is 2.66. The summed E-state index contributed by atoms with van der Waals surface area (Å²) in [5.74, 6) is 0.460. The minimum Gasteiger partial charge on any atom is -0.378 e. The summed E-state index contributed by atoms with van der Waals surface area (Å²) in [6.45, 7) is 4.35. The van der Waals surface area contributed by atoms with Gasteiger partial charge in [-0.05, 0) is 0 Å². The fourth-order valence-corrected chi connectivity index (χ4v) is 2.66. The van der Waals surface area contributed by atoms with Crippen molar-refractivity contribution in [1.29, 1.82) is 0 Å². The minimum absolute atomic E-state index is 0. The van der Waals surface area contributed by atoms with Crippen LogP contribution < -0.4 is 15.5 Å². The highest BCUT2D eigenvalue weighted by molar-refractivity contribution is 5.93. The molecule has 0 radical (unpaired) electrons. The Balaban J connectivity index is 0.00000192. The summed E-state index contributed by atoms with van der Waals surface area (Å²) in [6, 6.07) is -0.0311. The summed E-state index contributed by atoms with van der Waals surface area (Å²) in [7, 11) is 1.65. The first-order chi connectivity index (χ1) is 10.8. The smallest absolute Gasteiger partial charge is 0.254 e. The first-order valence-corrected chi connectivity index (χ1v) is 7.47. The molecule has 3 heterocycles. The lowest BCUT2D eigenvalue weighted by Gasteiger charge is -2.26. The van der Waals surface area contributed by atoms with Gasteiger partial charge in [-0.3, -0.25) is 4.79 Å². The second kappa shape index (κ2) is 8.39. The summed E-state index contributed by atoms with van der Waals surface area (Å²) in [5.41, 5.74) is 0.457. The second-order valence-corrected chi connectivity index (χ2v) is 5.38. The molecule has 2 aliphatic heterocycles. The Bertz CT molecular complexity index is 510. The summed E-state index contributed by atoms with van der Waals surface area (Å²) >= 11 is 0. The van der Waals surface area contributed by atoms with Crippen molar-refractivity contribution in [3.8, 4) is 0 Å². The van der Waals surface area contributed by atoms with E-state index < -0.39 is 0 Å². The Morgan fingerprint density at radius 1 is 1.35 bits per heavy atom. The number of nitrogens with one attached hydrogen (secondary N) is 2. The van der Waals surface area contributed by atoms with Gasteiger partial charge in [0.25, 0.3) is 5.91 Å². The van der Waals surface area contributed by atoms with Crippen molar-refractivity contribution in [3.05, 3.63) is 18.0 Å². The van der Waals surface area contributed by atoms with Crippen LogP contribution >= 0.6 is 12.4 Å². The normalized spacial score (nSPS) is 24.1. The summed E-state index contributed by atoms with van der Waals surface area (Å²) in [4.78, 5) is 22.9. The van der Waals surface area contributed by atoms with Gasteiger partial charge in [0.05, 0.1) is 30.9 Å². The molecular formula is C14H22ClN5O3. The van der Waals surface area contributed by atoms with Gasteiger partial charge in [0.15, 0.2) is 0 Å². The van der Waals surface area contributed by atoms with Crippen LogP contribution in [0.25, 0.3) is 0 Å². The number of hydrogen-bond acceptors (Lipinski definition) is 7. The van der Waals surface area contributed by atoms with Gasteiger partial charge in [0, 0.05) is 45.7 Å². The van der Waals surface area contributed by atoms with Crippen molar-refractivity contribution in [1.82, 2.24) is 20.6 Å². The zero-order valence-corrected chi connectivity index (χ0v) is 13.8. The lowest BCUT2D eigenvalue weighted by molar-refractivity contribution is 0.0779. The zero-order valence-electron chi connectivity index (χ0n) is 13.0. The van der Waals surface area contributed by atoms with Gasteiger partial charge >= 0.3 is 0 Å². The fraction of sp³-hybridized carbons (Fsp3) is 0.643. The molecule has 23 heavy (non-hydrogen) atoms. The molecular weight excluding hydrogens is 322 g/mol. The molecule has 0 aromatic carbocycles. The maximum atomic E-state index is 12.2. The molecule has 0 spiro atoms. The third-order valence-corrected chi connectivity index (χ3v) is 3.97. The van der Waals surface area contributed by atoms with Crippen LogP contribution in [-0.2, 0) is 9.47 Å². The summed E-state index contributed by atoms with van der Waals surface area (Å²) in [6.07, 6.45) is 3.13. The van der Waals surface area contributed by atoms with E-state index in [-0.39, 0.29) is 30.5 Å². The van der Waals surface area contributed by atoms with Gasteiger partial charge in [-0.1, -0.05) is 0 Å². The molecule has 128 valence electrons. The number of halogens is 1. The Hall–Kier alpha value is -1.48. The van der Waals surface area contributed by atoms with E-state index in [2.05, 4.69) is 20.6 Å². The van der Waals surface area contributed by atoms with Gasteiger partial charge in [-0.25, -0.2) is 9.97 Å². The lowest BCUT2D eigenvalue weighted by Crippen LogP contribution is -2.43. The zero-order chi connectivity index (χ0) is 15.4. The SMILES string of the molecule is CO[C@H]1CNC[C@@H]1NC(=O)c1cnc(N2CCOCC2)nc1.Cl. The highest BCUT2D eigenvalue weighted by Crippen LogP contribution is 2.10. The van der Waals surface area contributed by atoms with Crippen LogP contribution in [0.4, 0.5) is 5.95 Å². The third-order valence-electron chi connectivity index (χ3n) is 3.97. The van der Waals surface area contributed by atoms with Crippen molar-refractivity contribution in [3.63, 3.8) is 0 Å². The van der Waals surface area contributed by atoms with Crippen molar-refractivity contribution in [2.24, 2.45) is 0 Å². The average molecular weight is 344 g/mol. The molecule has 2 N–H and O–H groups in total. The van der Waals surface area contributed by atoms with E-state index in [1.54, 1.807) is 19.5 Å². The molecule has 1 aromatic heterocycles. The Labute approximate surface area is 141 Å². The van der Waals surface area contributed by atoms with Gasteiger partial charge in [0.2, 0.25) is 5.95 Å².